The van der Waals surface area contributed by atoms with Crippen LogP contribution in [0.15, 0.2) is 59.3 Å². The Hall–Kier alpha value is -2.55. The summed E-state index contributed by atoms with van der Waals surface area (Å²) in [6.07, 6.45) is -0.491. The molecule has 2 heterocycles. The van der Waals surface area contributed by atoms with Gasteiger partial charge in [0.25, 0.3) is 0 Å². The van der Waals surface area contributed by atoms with Crippen LogP contribution in [-0.2, 0) is 9.47 Å². The van der Waals surface area contributed by atoms with Gasteiger partial charge in [-0.15, -0.1) is 22.7 Å². The summed E-state index contributed by atoms with van der Waals surface area (Å²) >= 11 is 2.93. The van der Waals surface area contributed by atoms with E-state index in [2.05, 4.69) is 0 Å². The summed E-state index contributed by atoms with van der Waals surface area (Å²) in [5.74, 6) is 0.686. The molecule has 8 heteroatoms. The first-order valence-corrected chi connectivity index (χ1v) is 9.93. The number of hydrogen-bond acceptors (Lipinski definition) is 7. The van der Waals surface area contributed by atoms with Crippen LogP contribution in [0.4, 0.5) is 20.5 Å². The van der Waals surface area contributed by atoms with Gasteiger partial charge in [0, 0.05) is 25.8 Å². The molecule has 0 atom stereocenters. The van der Waals surface area contributed by atoms with Gasteiger partial charge in [0.15, 0.2) is 13.6 Å². The maximum absolute atomic E-state index is 12.5. The van der Waals surface area contributed by atoms with Gasteiger partial charge >= 0.3 is 6.09 Å². The van der Waals surface area contributed by atoms with E-state index in [1.165, 1.54) is 27.6 Å². The average molecular weight is 405 g/mol. The fourth-order valence-corrected chi connectivity index (χ4v) is 3.76. The third kappa shape index (κ3) is 5.22. The lowest BCUT2D eigenvalue weighted by Gasteiger charge is -2.18. The van der Waals surface area contributed by atoms with Crippen LogP contribution in [0.2, 0.25) is 0 Å². The highest BCUT2D eigenvalue weighted by atomic mass is 32.1. The summed E-state index contributed by atoms with van der Waals surface area (Å²) in [4.78, 5) is 16.0. The quantitative estimate of drug-likeness (QED) is 0.383. The minimum Gasteiger partial charge on any atom is -0.467 e. The zero-order chi connectivity index (χ0) is 19.1. The Kier molecular flexibility index (Phi) is 6.69. The first kappa shape index (κ1) is 19.2. The lowest BCUT2D eigenvalue weighted by atomic mass is 10.3. The van der Waals surface area contributed by atoms with Crippen molar-refractivity contribution in [1.29, 1.82) is 0 Å². The van der Waals surface area contributed by atoms with Crippen molar-refractivity contribution in [3.8, 4) is 5.75 Å². The molecule has 0 bridgehead atoms. The Morgan fingerprint density at radius 1 is 0.963 bits per heavy atom. The number of nitrogens with zero attached hydrogens (tertiary/aromatic N) is 2. The van der Waals surface area contributed by atoms with Crippen molar-refractivity contribution in [3.05, 3.63) is 59.3 Å². The molecule has 3 rings (SSSR count). The zero-order valence-electron chi connectivity index (χ0n) is 15.0. The molecule has 0 unspecified atom stereocenters. The minimum absolute atomic E-state index is 0.0117. The zero-order valence-corrected chi connectivity index (χ0v) is 16.7. The molecular formula is C19H20N2O4S2. The molecule has 0 aliphatic rings. The van der Waals surface area contributed by atoms with Crippen LogP contribution in [0.3, 0.4) is 0 Å². The van der Waals surface area contributed by atoms with E-state index in [-0.39, 0.29) is 13.6 Å². The number of thiophene rings is 2. The number of hydrogen-bond donors (Lipinski definition) is 0. The summed E-state index contributed by atoms with van der Waals surface area (Å²) in [6, 6.07) is 15.2. The maximum Gasteiger partial charge on any atom is 0.422 e. The Bertz CT molecular complexity index is 801. The summed E-state index contributed by atoms with van der Waals surface area (Å²) < 4.78 is 16.1. The Balaban J connectivity index is 1.48. The molecule has 0 radical (unpaired) electrons. The highest BCUT2D eigenvalue weighted by Crippen LogP contribution is 2.33. The van der Waals surface area contributed by atoms with Gasteiger partial charge in [-0.2, -0.15) is 0 Å². The SMILES string of the molecule is CN(C)c1cccc(OCOCOC(=O)N(c2cccs2)c2cccs2)c1. The first-order chi connectivity index (χ1) is 13.1. The molecule has 0 saturated carbocycles. The van der Waals surface area contributed by atoms with E-state index < -0.39 is 6.09 Å². The van der Waals surface area contributed by atoms with E-state index in [4.69, 9.17) is 14.2 Å². The predicted molar refractivity (Wildman–Crippen MR) is 109 cm³/mol. The van der Waals surface area contributed by atoms with Crippen LogP contribution in [0.5, 0.6) is 5.75 Å². The molecule has 1 amide bonds. The van der Waals surface area contributed by atoms with E-state index in [9.17, 15) is 4.79 Å². The minimum atomic E-state index is -0.491. The average Bonchev–Trinajstić information content (AvgIpc) is 3.37. The van der Waals surface area contributed by atoms with Gasteiger partial charge in [0.2, 0.25) is 0 Å². The van der Waals surface area contributed by atoms with Crippen molar-refractivity contribution < 1.29 is 19.0 Å². The van der Waals surface area contributed by atoms with Crippen molar-refractivity contribution in [2.75, 3.05) is 37.5 Å². The van der Waals surface area contributed by atoms with E-state index in [1.54, 1.807) is 0 Å². The summed E-state index contributed by atoms with van der Waals surface area (Å²) in [7, 11) is 3.92. The van der Waals surface area contributed by atoms with Crippen LogP contribution in [0.25, 0.3) is 0 Å². The first-order valence-electron chi connectivity index (χ1n) is 8.17. The van der Waals surface area contributed by atoms with Crippen molar-refractivity contribution in [3.63, 3.8) is 0 Å². The lowest BCUT2D eigenvalue weighted by Crippen LogP contribution is -2.26. The smallest absolute Gasteiger partial charge is 0.422 e. The van der Waals surface area contributed by atoms with Crippen LogP contribution in [-0.4, -0.2) is 33.8 Å². The predicted octanol–water partition coefficient (Wildman–Crippen LogP) is 5.16. The Morgan fingerprint density at radius 3 is 2.26 bits per heavy atom. The molecule has 0 fully saturated rings. The second-order valence-electron chi connectivity index (χ2n) is 5.62. The van der Waals surface area contributed by atoms with Gasteiger partial charge in [0.1, 0.15) is 15.8 Å². The molecule has 142 valence electrons. The van der Waals surface area contributed by atoms with Crippen molar-refractivity contribution >= 4 is 44.5 Å². The van der Waals surface area contributed by atoms with Gasteiger partial charge in [0.05, 0.1) is 0 Å². The third-order valence-corrected chi connectivity index (χ3v) is 5.25. The fraction of sp³-hybridized carbons (Fsp3) is 0.211. The number of carbonyl (C=O) groups excluding carboxylic acids is 1. The van der Waals surface area contributed by atoms with Crippen LogP contribution < -0.4 is 14.5 Å². The topological polar surface area (TPSA) is 51.2 Å². The number of carbonyl (C=O) groups is 1. The molecule has 3 aromatic rings. The number of ether oxygens (including phenoxy) is 3. The number of amides is 1. The molecule has 0 saturated heterocycles. The highest BCUT2D eigenvalue weighted by Gasteiger charge is 2.21. The van der Waals surface area contributed by atoms with Crippen molar-refractivity contribution in [2.24, 2.45) is 0 Å². The molecule has 0 spiro atoms. The standard InChI is InChI=1S/C19H20N2O4S2/c1-20(2)15-6-3-7-16(12-15)24-13-23-14-25-19(22)21(17-8-4-10-26-17)18-9-5-11-27-18/h3-12H,13-14H2,1-2H3. The molecule has 27 heavy (non-hydrogen) atoms. The van der Waals surface area contributed by atoms with Gasteiger partial charge in [-0.3, -0.25) is 0 Å². The van der Waals surface area contributed by atoms with E-state index in [0.717, 1.165) is 15.7 Å². The van der Waals surface area contributed by atoms with Gasteiger partial charge in [-0.1, -0.05) is 6.07 Å². The Labute approximate surface area is 166 Å². The number of benzene rings is 1. The van der Waals surface area contributed by atoms with Gasteiger partial charge < -0.3 is 19.1 Å². The summed E-state index contributed by atoms with van der Waals surface area (Å²) in [5, 5.41) is 5.41. The molecule has 0 N–H and O–H groups in total. The second kappa shape index (κ2) is 9.40. The van der Waals surface area contributed by atoms with E-state index >= 15 is 0 Å². The third-order valence-electron chi connectivity index (χ3n) is 3.54. The molecule has 1 aromatic carbocycles. The molecule has 2 aromatic heterocycles. The second-order valence-corrected chi connectivity index (χ2v) is 7.48. The van der Waals surface area contributed by atoms with Crippen LogP contribution >= 0.6 is 22.7 Å². The van der Waals surface area contributed by atoms with Crippen molar-refractivity contribution in [2.45, 2.75) is 0 Å². The van der Waals surface area contributed by atoms with Crippen molar-refractivity contribution in [1.82, 2.24) is 0 Å². The van der Waals surface area contributed by atoms with E-state index in [1.807, 2.05) is 78.3 Å². The highest BCUT2D eigenvalue weighted by molar-refractivity contribution is 7.16. The normalized spacial score (nSPS) is 10.4. The molecular weight excluding hydrogens is 384 g/mol. The summed E-state index contributed by atoms with van der Waals surface area (Å²) in [6.45, 7) is -0.207. The summed E-state index contributed by atoms with van der Waals surface area (Å²) in [5.41, 5.74) is 1.03. The van der Waals surface area contributed by atoms with Gasteiger partial charge in [-0.05, 0) is 47.2 Å². The largest absolute Gasteiger partial charge is 0.467 e. The number of anilines is 3. The molecule has 0 aliphatic heterocycles. The van der Waals surface area contributed by atoms with E-state index in [0.29, 0.717) is 5.75 Å². The molecule has 6 nitrogen and oxygen atoms in total. The lowest BCUT2D eigenvalue weighted by molar-refractivity contribution is -0.0686. The van der Waals surface area contributed by atoms with Crippen LogP contribution in [0.1, 0.15) is 0 Å². The van der Waals surface area contributed by atoms with Gasteiger partial charge in [-0.25, -0.2) is 9.69 Å². The molecule has 0 aliphatic carbocycles. The number of rotatable bonds is 8. The van der Waals surface area contributed by atoms with Crippen LogP contribution in [0, 0.1) is 0 Å². The Morgan fingerprint density at radius 2 is 1.67 bits per heavy atom. The fourth-order valence-electron chi connectivity index (χ4n) is 2.23. The monoisotopic (exact) mass is 404 g/mol. The maximum atomic E-state index is 12.5.